The van der Waals surface area contributed by atoms with E-state index in [1.807, 2.05) is 0 Å². The van der Waals surface area contributed by atoms with E-state index in [1.54, 1.807) is 0 Å². The number of fused-ring (bicyclic) bond motifs is 6. The standard InChI is InChI=1S/C49H55N5O6/c1-48(2)39(52(5)37-24-22-33-15-9-11-17-35(33)46(37)48)19-7-6-8-20-40-49(3,4)47-36-18-12-10-16-34(36)23-25-38(47)53(40)32-13-21-41(55)50-30-14-31-51-42(56)26-29-45(59)60-54-43(57)27-28-44(54)58/h6-12,15-20,22-25,40H,13-14,21,26-32H2,1-5H3,(H,50,55)(H,51,56)/b7-6+,20-8+,39-19+. The van der Waals surface area contributed by atoms with Gasteiger partial charge in [0.05, 0.1) is 12.5 Å². The molecule has 312 valence electrons. The fourth-order valence-corrected chi connectivity index (χ4v) is 9.19. The number of carbonyl (C=O) groups excluding carboxylic acids is 5. The maximum absolute atomic E-state index is 12.9. The minimum Gasteiger partial charge on any atom is -0.364 e. The van der Waals surface area contributed by atoms with Gasteiger partial charge in [0.1, 0.15) is 0 Å². The van der Waals surface area contributed by atoms with Crippen LogP contribution in [0.4, 0.5) is 11.4 Å². The van der Waals surface area contributed by atoms with E-state index in [4.69, 9.17) is 4.84 Å². The lowest BCUT2D eigenvalue weighted by atomic mass is 9.78. The number of likely N-dealkylation sites (N-methyl/N-ethyl adjacent to an activating group) is 1. The highest BCUT2D eigenvalue weighted by molar-refractivity contribution is 6.01. The Kier molecular flexibility index (Phi) is 12.3. The number of rotatable bonds is 15. The first kappa shape index (κ1) is 41.9. The molecule has 11 nitrogen and oxygen atoms in total. The van der Waals surface area contributed by atoms with Crippen molar-refractivity contribution in [1.82, 2.24) is 15.7 Å². The van der Waals surface area contributed by atoms with Crippen LogP contribution in [0.1, 0.15) is 83.8 Å². The average molecular weight is 810 g/mol. The summed E-state index contributed by atoms with van der Waals surface area (Å²) in [7, 11) is 2.15. The third-order valence-electron chi connectivity index (χ3n) is 12.2. The van der Waals surface area contributed by atoms with Crippen molar-refractivity contribution in [3.8, 4) is 0 Å². The number of hydrogen-bond donors (Lipinski definition) is 2. The summed E-state index contributed by atoms with van der Waals surface area (Å²) >= 11 is 0. The normalized spacial score (nSPS) is 18.6. The molecule has 60 heavy (non-hydrogen) atoms. The summed E-state index contributed by atoms with van der Waals surface area (Å²) < 4.78 is 0. The van der Waals surface area contributed by atoms with E-state index >= 15 is 0 Å². The molecule has 4 aromatic carbocycles. The Labute approximate surface area is 352 Å². The summed E-state index contributed by atoms with van der Waals surface area (Å²) in [4.78, 5) is 69.9. The van der Waals surface area contributed by atoms with Gasteiger partial charge in [-0.25, -0.2) is 4.79 Å². The van der Waals surface area contributed by atoms with Crippen molar-refractivity contribution in [2.45, 2.75) is 89.5 Å². The van der Waals surface area contributed by atoms with Crippen LogP contribution < -0.4 is 20.4 Å². The van der Waals surface area contributed by atoms with E-state index in [-0.39, 0.29) is 54.4 Å². The summed E-state index contributed by atoms with van der Waals surface area (Å²) in [5.41, 5.74) is 6.01. The molecule has 0 bridgehead atoms. The number of allylic oxidation sites excluding steroid dienone is 5. The van der Waals surface area contributed by atoms with Gasteiger partial charge in [-0.1, -0.05) is 113 Å². The quantitative estimate of drug-likeness (QED) is 0.0712. The third kappa shape index (κ3) is 8.44. The molecule has 0 saturated carbocycles. The smallest absolute Gasteiger partial charge is 0.333 e. The number of amides is 4. The number of hydrogen-bond acceptors (Lipinski definition) is 8. The van der Waals surface area contributed by atoms with Crippen LogP contribution in [0, 0.1) is 0 Å². The lowest BCUT2D eigenvalue weighted by Crippen LogP contribution is -2.40. The van der Waals surface area contributed by atoms with E-state index in [9.17, 15) is 24.0 Å². The molecule has 11 heteroatoms. The predicted molar refractivity (Wildman–Crippen MR) is 236 cm³/mol. The molecule has 7 rings (SSSR count). The summed E-state index contributed by atoms with van der Waals surface area (Å²) in [6, 6.07) is 26.1. The Morgan fingerprint density at radius 2 is 1.32 bits per heavy atom. The van der Waals surface area contributed by atoms with E-state index in [1.165, 1.54) is 49.7 Å². The number of hydroxylamine groups is 2. The Balaban J connectivity index is 0.935. The van der Waals surface area contributed by atoms with Gasteiger partial charge in [-0.05, 0) is 63.7 Å². The van der Waals surface area contributed by atoms with Crippen molar-refractivity contribution >= 4 is 62.5 Å². The molecule has 4 amide bonds. The molecule has 1 saturated heterocycles. The molecular formula is C49H55N5O6. The molecule has 0 radical (unpaired) electrons. The molecule has 3 aliphatic rings. The third-order valence-corrected chi connectivity index (χ3v) is 12.2. The fraction of sp³-hybridized carbons (Fsp3) is 0.367. The molecule has 3 heterocycles. The van der Waals surface area contributed by atoms with E-state index in [0.29, 0.717) is 44.0 Å². The molecule has 0 aliphatic carbocycles. The topological polar surface area (TPSA) is 128 Å². The monoisotopic (exact) mass is 809 g/mol. The van der Waals surface area contributed by atoms with Crippen LogP contribution in [-0.4, -0.2) is 67.4 Å². The molecule has 1 atom stereocenters. The largest absolute Gasteiger partial charge is 0.364 e. The van der Waals surface area contributed by atoms with Gasteiger partial charge in [0.2, 0.25) is 11.8 Å². The van der Waals surface area contributed by atoms with Crippen LogP contribution in [0.15, 0.2) is 109 Å². The van der Waals surface area contributed by atoms with E-state index < -0.39 is 17.8 Å². The first-order valence-corrected chi connectivity index (χ1v) is 21.0. The van der Waals surface area contributed by atoms with Crippen LogP contribution in [0.2, 0.25) is 0 Å². The Morgan fingerprint density at radius 3 is 1.98 bits per heavy atom. The SMILES string of the molecule is CN1/C(=C/C=C/C=C/C2N(CCCC(=O)NCCCNC(=O)CCC(=O)ON3C(=O)CCC3=O)c3ccc4ccccc4c3C2(C)C)C(C)(C)c2c1ccc1ccccc21. The van der Waals surface area contributed by atoms with Crippen molar-refractivity contribution in [3.05, 3.63) is 120 Å². The summed E-state index contributed by atoms with van der Waals surface area (Å²) in [6.07, 6.45) is 12.1. The van der Waals surface area contributed by atoms with Crippen molar-refractivity contribution < 1.29 is 28.8 Å². The summed E-state index contributed by atoms with van der Waals surface area (Å²) in [5, 5.41) is 11.2. The highest BCUT2D eigenvalue weighted by Crippen LogP contribution is 2.51. The van der Waals surface area contributed by atoms with Gasteiger partial charge >= 0.3 is 5.97 Å². The Hall–Kier alpha value is -6.23. The van der Waals surface area contributed by atoms with Crippen LogP contribution in [0.5, 0.6) is 0 Å². The highest BCUT2D eigenvalue weighted by Gasteiger charge is 2.44. The van der Waals surface area contributed by atoms with Gasteiger partial charge in [-0.3, -0.25) is 19.2 Å². The molecule has 1 fully saturated rings. The zero-order chi connectivity index (χ0) is 42.6. The van der Waals surface area contributed by atoms with Crippen LogP contribution in [0.25, 0.3) is 21.5 Å². The second-order valence-electron chi connectivity index (χ2n) is 16.9. The maximum atomic E-state index is 12.9. The summed E-state index contributed by atoms with van der Waals surface area (Å²) in [6.45, 7) is 10.7. The number of nitrogens with zero attached hydrogens (tertiary/aromatic N) is 3. The average Bonchev–Trinajstić information content (AvgIpc) is 3.74. The van der Waals surface area contributed by atoms with Crippen molar-refractivity contribution in [2.24, 2.45) is 0 Å². The first-order valence-electron chi connectivity index (χ1n) is 21.0. The van der Waals surface area contributed by atoms with Gasteiger partial charge in [0.15, 0.2) is 0 Å². The zero-order valence-electron chi connectivity index (χ0n) is 35.3. The number of benzene rings is 4. The second kappa shape index (κ2) is 17.6. The minimum absolute atomic E-state index is 0.00814. The summed E-state index contributed by atoms with van der Waals surface area (Å²) in [5.74, 6) is -2.36. The molecule has 3 aliphatic heterocycles. The van der Waals surface area contributed by atoms with Crippen LogP contribution >= 0.6 is 0 Å². The number of anilines is 2. The predicted octanol–water partition coefficient (Wildman–Crippen LogP) is 7.67. The van der Waals surface area contributed by atoms with Gasteiger partial charge < -0.3 is 25.3 Å². The van der Waals surface area contributed by atoms with Crippen molar-refractivity contribution in [3.63, 3.8) is 0 Å². The van der Waals surface area contributed by atoms with Crippen LogP contribution in [0.3, 0.4) is 0 Å². The van der Waals surface area contributed by atoms with Gasteiger partial charge in [-0.2, -0.15) is 0 Å². The zero-order valence-corrected chi connectivity index (χ0v) is 35.3. The molecule has 0 aromatic heterocycles. The van der Waals surface area contributed by atoms with Crippen LogP contribution in [-0.2, 0) is 39.6 Å². The molecule has 1 unspecified atom stereocenters. The van der Waals surface area contributed by atoms with Crippen molar-refractivity contribution in [2.75, 3.05) is 36.5 Å². The molecular weight excluding hydrogens is 755 g/mol. The Morgan fingerprint density at radius 1 is 0.717 bits per heavy atom. The van der Waals surface area contributed by atoms with Crippen molar-refractivity contribution in [1.29, 1.82) is 0 Å². The van der Waals surface area contributed by atoms with Gasteiger partial charge in [0.25, 0.3) is 11.8 Å². The molecule has 4 aromatic rings. The highest BCUT2D eigenvalue weighted by atomic mass is 16.7. The first-order chi connectivity index (χ1) is 28.8. The van der Waals surface area contributed by atoms with Gasteiger partial charge in [0, 0.05) is 80.3 Å². The number of carbonyl (C=O) groups is 5. The maximum Gasteiger partial charge on any atom is 0.333 e. The van der Waals surface area contributed by atoms with E-state index in [0.717, 1.165) is 0 Å². The number of nitrogens with one attached hydrogen (secondary N) is 2. The molecule has 0 spiro atoms. The minimum atomic E-state index is -0.819. The lowest BCUT2D eigenvalue weighted by Gasteiger charge is -2.32. The second-order valence-corrected chi connectivity index (χ2v) is 16.9. The van der Waals surface area contributed by atoms with E-state index in [2.05, 4.69) is 158 Å². The lowest BCUT2D eigenvalue weighted by molar-refractivity contribution is -0.197. The Bertz CT molecular complexity index is 2410. The fourth-order valence-electron chi connectivity index (χ4n) is 9.19. The van der Waals surface area contributed by atoms with Gasteiger partial charge in [-0.15, -0.1) is 5.06 Å². The molecule has 2 N–H and O–H groups in total. The number of imide groups is 1.